The summed E-state index contributed by atoms with van der Waals surface area (Å²) >= 11 is 0. The number of halogens is 2. The number of hydrogen-bond acceptors (Lipinski definition) is 8. The first-order valence-electron chi connectivity index (χ1n) is 8.17. The van der Waals surface area contributed by atoms with E-state index in [-0.39, 0.29) is 25.5 Å². The molecule has 3 heterocycles. The number of rotatable bonds is 8. The van der Waals surface area contributed by atoms with E-state index in [1.54, 1.807) is 6.08 Å². The lowest BCUT2D eigenvalue weighted by molar-refractivity contribution is -0.325. The molecule has 10 nitrogen and oxygen atoms in total. The Kier molecular flexibility index (Phi) is 5.63. The minimum absolute atomic E-state index is 0.00788. The standard InChI is InChI=1S/C15H15BF2N4O6/c1-2-25-13(23)15(17,18)28-22-11-6-21(14(22)24)9(4-19-8-27-16)3-10(11)12-5-20-7-26-12/h3,5,7-9,11H,2,4,6H2,1H3/t9-,11-/m0/s1. The summed E-state index contributed by atoms with van der Waals surface area (Å²) in [6.45, 7) is 1.16. The van der Waals surface area contributed by atoms with Crippen molar-refractivity contribution in [3.63, 3.8) is 0 Å². The van der Waals surface area contributed by atoms with Crippen molar-refractivity contribution in [3.8, 4) is 0 Å². The largest absolute Gasteiger partial charge is 0.560 e. The van der Waals surface area contributed by atoms with Gasteiger partial charge in [-0.1, -0.05) is 6.08 Å². The zero-order chi connectivity index (χ0) is 20.3. The van der Waals surface area contributed by atoms with E-state index in [1.165, 1.54) is 18.0 Å². The van der Waals surface area contributed by atoms with Crippen molar-refractivity contribution < 1.29 is 37.0 Å². The molecule has 0 aromatic carbocycles. The lowest BCUT2D eigenvalue weighted by atomic mass is 9.98. The number of carbonyl (C=O) groups excluding carboxylic acids is 2. The zero-order valence-electron chi connectivity index (χ0n) is 14.7. The number of ether oxygens (including phenoxy) is 1. The van der Waals surface area contributed by atoms with E-state index in [1.807, 2.05) is 0 Å². The molecule has 2 radical (unpaired) electrons. The van der Waals surface area contributed by atoms with E-state index >= 15 is 0 Å². The molecule has 2 bridgehead atoms. The summed E-state index contributed by atoms with van der Waals surface area (Å²) in [7, 11) is 4.87. The third kappa shape index (κ3) is 3.70. The number of nitrogens with zero attached hydrogens (tertiary/aromatic N) is 4. The second kappa shape index (κ2) is 7.96. The Hall–Kier alpha value is -2.96. The van der Waals surface area contributed by atoms with Crippen LogP contribution in [0.2, 0.25) is 0 Å². The number of amides is 2. The van der Waals surface area contributed by atoms with E-state index < -0.39 is 30.2 Å². The highest BCUT2D eigenvalue weighted by molar-refractivity contribution is 6.02. The fourth-order valence-corrected chi connectivity index (χ4v) is 2.94. The van der Waals surface area contributed by atoms with Crippen LogP contribution in [0.25, 0.3) is 5.57 Å². The third-order valence-electron chi connectivity index (χ3n) is 4.09. The monoisotopic (exact) mass is 396 g/mol. The number of oxazole rings is 1. The molecule has 0 spiro atoms. The van der Waals surface area contributed by atoms with Crippen molar-refractivity contribution in [2.75, 3.05) is 19.7 Å². The molecule has 148 valence electrons. The summed E-state index contributed by atoms with van der Waals surface area (Å²) in [5.41, 5.74) is 0.383. The van der Waals surface area contributed by atoms with Gasteiger partial charge in [-0.05, 0) is 6.92 Å². The topological polar surface area (TPSA) is 107 Å². The van der Waals surface area contributed by atoms with E-state index in [2.05, 4.69) is 24.2 Å². The second-order valence-electron chi connectivity index (χ2n) is 5.77. The van der Waals surface area contributed by atoms with Gasteiger partial charge in [-0.2, -0.15) is 18.7 Å². The maximum absolute atomic E-state index is 14.1. The highest BCUT2D eigenvalue weighted by Crippen LogP contribution is 2.37. The summed E-state index contributed by atoms with van der Waals surface area (Å²) in [6, 6.07) is -2.43. The highest BCUT2D eigenvalue weighted by atomic mass is 19.3. The third-order valence-corrected chi connectivity index (χ3v) is 4.09. The highest BCUT2D eigenvalue weighted by Gasteiger charge is 2.54. The Morgan fingerprint density at radius 2 is 2.36 bits per heavy atom. The molecule has 2 aliphatic heterocycles. The van der Waals surface area contributed by atoms with Crippen LogP contribution in [-0.2, 0) is 19.0 Å². The molecule has 0 aliphatic carbocycles. The second-order valence-corrected chi connectivity index (χ2v) is 5.77. The molecule has 13 heteroatoms. The van der Waals surface area contributed by atoms with Gasteiger partial charge in [0.2, 0.25) is 0 Å². The quantitative estimate of drug-likeness (QED) is 0.276. The molecule has 2 atom stereocenters. The number of hydroxylamine groups is 2. The molecular weight excluding hydrogens is 381 g/mol. The Balaban J connectivity index is 1.89. The zero-order valence-corrected chi connectivity index (χ0v) is 14.7. The minimum atomic E-state index is -4.35. The fraction of sp³-hybridized carbons (Fsp3) is 0.467. The maximum Gasteiger partial charge on any atom is 0.477 e. The first kappa shape index (κ1) is 19.8. The maximum atomic E-state index is 14.1. The number of urea groups is 1. The van der Waals surface area contributed by atoms with Crippen molar-refractivity contribution in [3.05, 3.63) is 24.4 Å². The molecule has 0 saturated carbocycles. The van der Waals surface area contributed by atoms with Gasteiger partial charge in [0.25, 0.3) is 0 Å². The van der Waals surface area contributed by atoms with Crippen LogP contribution in [-0.4, -0.2) is 79.3 Å². The van der Waals surface area contributed by atoms with Gasteiger partial charge in [-0.15, -0.1) is 0 Å². The lowest BCUT2D eigenvalue weighted by Gasteiger charge is -2.28. The van der Waals surface area contributed by atoms with Crippen LogP contribution in [0, 0.1) is 0 Å². The van der Waals surface area contributed by atoms with Crippen LogP contribution in [0.5, 0.6) is 0 Å². The van der Waals surface area contributed by atoms with Gasteiger partial charge >= 0.3 is 26.2 Å². The van der Waals surface area contributed by atoms with Crippen LogP contribution in [0.3, 0.4) is 0 Å². The van der Waals surface area contributed by atoms with Gasteiger partial charge in [0.1, 0.15) is 12.4 Å². The van der Waals surface area contributed by atoms with Crippen LogP contribution >= 0.6 is 0 Å². The summed E-state index contributed by atoms with van der Waals surface area (Å²) in [5.74, 6) is -1.64. The molecule has 2 amide bonds. The first-order valence-corrected chi connectivity index (χ1v) is 8.17. The number of esters is 1. The van der Waals surface area contributed by atoms with E-state index in [0.29, 0.717) is 10.6 Å². The summed E-state index contributed by atoms with van der Waals surface area (Å²) < 4.78 is 42.0. The van der Waals surface area contributed by atoms with Gasteiger partial charge in [0.15, 0.2) is 12.2 Å². The Morgan fingerprint density at radius 1 is 1.57 bits per heavy atom. The van der Waals surface area contributed by atoms with Gasteiger partial charge < -0.3 is 18.7 Å². The van der Waals surface area contributed by atoms with E-state index in [9.17, 15) is 18.4 Å². The first-order chi connectivity index (χ1) is 13.4. The van der Waals surface area contributed by atoms with Gasteiger partial charge in [0, 0.05) is 5.57 Å². The summed E-state index contributed by atoms with van der Waals surface area (Å²) in [5, 5.41) is 0.439. The molecule has 1 saturated heterocycles. The predicted molar refractivity (Wildman–Crippen MR) is 88.9 cm³/mol. The smallest absolute Gasteiger partial charge is 0.477 e. The van der Waals surface area contributed by atoms with Crippen molar-refractivity contribution in [2.24, 2.45) is 4.99 Å². The number of aliphatic imine (C=N–C) groups is 1. The van der Waals surface area contributed by atoms with Gasteiger partial charge in [-0.3, -0.25) is 4.99 Å². The molecule has 0 N–H and O–H groups in total. The molecule has 1 fully saturated rings. The van der Waals surface area contributed by atoms with Crippen LogP contribution in [0.4, 0.5) is 13.6 Å². The molecular formula is C15H15BF2N4O6. The minimum Gasteiger partial charge on any atom is -0.560 e. The van der Waals surface area contributed by atoms with Crippen molar-refractivity contribution in [1.82, 2.24) is 14.9 Å². The van der Waals surface area contributed by atoms with Crippen LogP contribution in [0.15, 0.2) is 28.1 Å². The predicted octanol–water partition coefficient (Wildman–Crippen LogP) is 0.762. The average Bonchev–Trinajstić information content (AvgIpc) is 3.28. The number of aromatic nitrogens is 1. The fourth-order valence-electron chi connectivity index (χ4n) is 2.94. The number of hydrogen-bond donors (Lipinski definition) is 0. The molecule has 28 heavy (non-hydrogen) atoms. The van der Waals surface area contributed by atoms with Gasteiger partial charge in [-0.25, -0.2) is 14.6 Å². The lowest BCUT2D eigenvalue weighted by Crippen LogP contribution is -2.45. The SMILES string of the molecule is [B]OC=NC[C@@H]1C=C(c2cnco2)[C@@H]2CN1C(=O)N2OC(F)(F)C(=O)OCC. The van der Waals surface area contributed by atoms with Crippen molar-refractivity contribution in [1.29, 1.82) is 0 Å². The average molecular weight is 396 g/mol. The van der Waals surface area contributed by atoms with Crippen LogP contribution < -0.4 is 0 Å². The molecule has 1 aromatic heterocycles. The Labute approximate surface area is 159 Å². The molecule has 2 aliphatic rings. The van der Waals surface area contributed by atoms with Crippen LogP contribution in [0.1, 0.15) is 12.7 Å². The van der Waals surface area contributed by atoms with E-state index in [0.717, 1.165) is 12.8 Å². The Bertz CT molecular complexity index is 788. The molecule has 0 unspecified atom stereocenters. The molecule has 3 rings (SSSR count). The number of carbonyl (C=O) groups is 2. The van der Waals surface area contributed by atoms with Crippen molar-refractivity contribution >= 4 is 32.0 Å². The van der Waals surface area contributed by atoms with Crippen molar-refractivity contribution in [2.45, 2.75) is 25.1 Å². The van der Waals surface area contributed by atoms with Gasteiger partial charge in [0.05, 0.1) is 31.9 Å². The number of fused-ring (bicyclic) bond motifs is 2. The Morgan fingerprint density at radius 3 is 3.00 bits per heavy atom. The normalized spacial score (nSPS) is 22.0. The molecule has 1 aromatic rings. The number of alkyl halides is 2. The summed E-state index contributed by atoms with van der Waals surface area (Å²) in [6.07, 6.45) is 0.782. The van der Waals surface area contributed by atoms with E-state index in [4.69, 9.17) is 12.5 Å². The summed E-state index contributed by atoms with van der Waals surface area (Å²) in [4.78, 5) is 37.6.